The Kier molecular flexibility index (Phi) is 5.59. The van der Waals surface area contributed by atoms with Gasteiger partial charge in [-0.1, -0.05) is 12.1 Å². The van der Waals surface area contributed by atoms with Crippen LogP contribution in [0.3, 0.4) is 0 Å². The van der Waals surface area contributed by atoms with Crippen molar-refractivity contribution in [3.63, 3.8) is 0 Å². The Bertz CT molecular complexity index is 1410. The van der Waals surface area contributed by atoms with Crippen LogP contribution in [-0.4, -0.2) is 65.0 Å². The Morgan fingerprint density at radius 3 is 2.60 bits per heavy atom. The van der Waals surface area contributed by atoms with Crippen molar-refractivity contribution in [3.05, 3.63) is 48.0 Å². The summed E-state index contributed by atoms with van der Waals surface area (Å²) in [6.07, 6.45) is 0.867. The van der Waals surface area contributed by atoms with Gasteiger partial charge in [-0.2, -0.15) is 0 Å². The summed E-state index contributed by atoms with van der Waals surface area (Å²) in [4.78, 5) is 25.4. The lowest BCUT2D eigenvalue weighted by molar-refractivity contribution is 0.0370. The molecule has 2 aromatic carbocycles. The van der Waals surface area contributed by atoms with E-state index in [0.29, 0.717) is 51.8 Å². The lowest BCUT2D eigenvalue weighted by Crippen LogP contribution is -2.37. The zero-order valence-corrected chi connectivity index (χ0v) is 19.2. The van der Waals surface area contributed by atoms with Gasteiger partial charge in [0.05, 0.1) is 24.2 Å². The summed E-state index contributed by atoms with van der Waals surface area (Å²) in [5.74, 6) is 1.25. The van der Waals surface area contributed by atoms with Crippen LogP contribution in [-0.2, 0) is 11.3 Å². The summed E-state index contributed by atoms with van der Waals surface area (Å²) in [6, 6.07) is 12.9. The molecule has 4 heterocycles. The molecule has 4 aromatic rings. The number of aryl methyl sites for hydroxylation is 1. The van der Waals surface area contributed by atoms with E-state index in [1.165, 1.54) is 0 Å². The fourth-order valence-corrected chi connectivity index (χ4v) is 4.61. The Hall–Kier alpha value is -3.89. The molecule has 6 rings (SSSR count). The number of para-hydroxylation sites is 2. The number of benzene rings is 2. The molecule has 0 unspecified atom stereocenters. The van der Waals surface area contributed by atoms with Gasteiger partial charge in [0, 0.05) is 37.9 Å². The molecule has 10 nitrogen and oxygen atoms in total. The topological polar surface area (TPSA) is 117 Å². The van der Waals surface area contributed by atoms with E-state index in [2.05, 4.69) is 10.2 Å². The minimum Gasteiger partial charge on any atom is -0.454 e. The minimum absolute atomic E-state index is 0.167. The number of nitrogens with two attached hydrogens (primary N) is 1. The van der Waals surface area contributed by atoms with Gasteiger partial charge in [-0.15, -0.1) is 0 Å². The molecule has 35 heavy (non-hydrogen) atoms. The van der Waals surface area contributed by atoms with Crippen LogP contribution >= 0.6 is 0 Å². The van der Waals surface area contributed by atoms with Crippen LogP contribution in [0, 0.1) is 0 Å². The number of morpholine rings is 1. The Labute approximate surface area is 201 Å². The van der Waals surface area contributed by atoms with E-state index in [9.17, 15) is 4.79 Å². The molecule has 0 radical (unpaired) electrons. The zero-order chi connectivity index (χ0) is 23.8. The van der Waals surface area contributed by atoms with Crippen LogP contribution in [0.1, 0.15) is 16.8 Å². The van der Waals surface area contributed by atoms with Crippen LogP contribution in [0.4, 0.5) is 11.5 Å². The summed E-state index contributed by atoms with van der Waals surface area (Å²) in [7, 11) is 0. The summed E-state index contributed by atoms with van der Waals surface area (Å²) >= 11 is 0. The molecule has 0 aliphatic carbocycles. The number of nitrogens with zero attached hydrogens (tertiary/aromatic N) is 4. The number of carbonyl (C=O) groups is 1. The van der Waals surface area contributed by atoms with Crippen molar-refractivity contribution in [1.82, 2.24) is 19.4 Å². The summed E-state index contributed by atoms with van der Waals surface area (Å²) in [6.45, 7) is 5.09. The Morgan fingerprint density at radius 2 is 1.77 bits per heavy atom. The highest BCUT2D eigenvalue weighted by Gasteiger charge is 2.25. The lowest BCUT2D eigenvalue weighted by atomic mass is 10.2. The second-order valence-corrected chi connectivity index (χ2v) is 8.63. The molecule has 2 aromatic heterocycles. The summed E-state index contributed by atoms with van der Waals surface area (Å²) in [5, 5.41) is 2.93. The highest BCUT2D eigenvalue weighted by Crippen LogP contribution is 2.35. The van der Waals surface area contributed by atoms with E-state index in [-0.39, 0.29) is 12.7 Å². The number of fused-ring (bicyclic) bond motifs is 3. The number of nitrogens with one attached hydrogen (secondary N) is 1. The minimum atomic E-state index is -0.345. The average molecular weight is 475 g/mol. The van der Waals surface area contributed by atoms with E-state index in [1.807, 2.05) is 28.8 Å². The number of aromatic nitrogens is 3. The fraction of sp³-hybridized carbons (Fsp3) is 0.320. The van der Waals surface area contributed by atoms with Crippen molar-refractivity contribution in [2.75, 3.05) is 50.7 Å². The first-order chi connectivity index (χ1) is 17.2. The molecule has 0 bridgehead atoms. The van der Waals surface area contributed by atoms with Crippen LogP contribution < -0.4 is 20.5 Å². The van der Waals surface area contributed by atoms with Crippen LogP contribution in [0.5, 0.6) is 11.5 Å². The molecule has 1 fully saturated rings. The van der Waals surface area contributed by atoms with Gasteiger partial charge in [-0.25, -0.2) is 9.97 Å². The maximum absolute atomic E-state index is 13.5. The van der Waals surface area contributed by atoms with Gasteiger partial charge in [-0.3, -0.25) is 9.69 Å². The monoisotopic (exact) mass is 474 g/mol. The number of anilines is 2. The van der Waals surface area contributed by atoms with Gasteiger partial charge in [-0.05, 0) is 30.7 Å². The van der Waals surface area contributed by atoms with E-state index < -0.39 is 0 Å². The van der Waals surface area contributed by atoms with Crippen molar-refractivity contribution in [2.24, 2.45) is 0 Å². The number of hydrogen-bond acceptors (Lipinski definition) is 8. The van der Waals surface area contributed by atoms with Gasteiger partial charge in [0.25, 0.3) is 5.91 Å². The molecule has 3 N–H and O–H groups in total. The lowest BCUT2D eigenvalue weighted by Gasteiger charge is -2.26. The van der Waals surface area contributed by atoms with Crippen molar-refractivity contribution >= 4 is 39.6 Å². The van der Waals surface area contributed by atoms with Crippen LogP contribution in [0.15, 0.2) is 42.5 Å². The second kappa shape index (κ2) is 9.05. The molecule has 180 valence electrons. The second-order valence-electron chi connectivity index (χ2n) is 8.63. The third-order valence-electron chi connectivity index (χ3n) is 6.41. The van der Waals surface area contributed by atoms with Gasteiger partial charge in [0.1, 0.15) is 16.9 Å². The maximum Gasteiger partial charge on any atom is 0.261 e. The quantitative estimate of drug-likeness (QED) is 0.438. The third kappa shape index (κ3) is 4.11. The number of hydrogen-bond donors (Lipinski definition) is 2. The molecule has 2 aliphatic rings. The van der Waals surface area contributed by atoms with E-state index in [0.717, 1.165) is 44.8 Å². The van der Waals surface area contributed by atoms with Gasteiger partial charge >= 0.3 is 0 Å². The molecule has 1 saturated heterocycles. The number of ether oxygens (including phenoxy) is 3. The first-order valence-electron chi connectivity index (χ1n) is 11.7. The number of rotatable bonds is 6. The predicted molar refractivity (Wildman–Crippen MR) is 132 cm³/mol. The van der Waals surface area contributed by atoms with Gasteiger partial charge in [0.15, 0.2) is 17.1 Å². The van der Waals surface area contributed by atoms with Gasteiger partial charge in [0.2, 0.25) is 6.79 Å². The van der Waals surface area contributed by atoms with E-state index in [4.69, 9.17) is 29.9 Å². The first-order valence-corrected chi connectivity index (χ1v) is 11.7. The molecule has 0 spiro atoms. The standard InChI is InChI=1S/C25H26N6O4/c26-23-21(25(32)27-16-6-7-19-20(14-16)35-15-34-19)22-24(29-18-5-2-1-4-17(18)28-22)31(23)9-3-8-30-10-12-33-13-11-30/h1-2,4-7,14H,3,8-13,15,26H2,(H,27,32). The first kappa shape index (κ1) is 21.6. The van der Waals surface area contributed by atoms with Crippen molar-refractivity contribution in [2.45, 2.75) is 13.0 Å². The van der Waals surface area contributed by atoms with E-state index in [1.54, 1.807) is 18.2 Å². The van der Waals surface area contributed by atoms with Crippen LogP contribution in [0.2, 0.25) is 0 Å². The Morgan fingerprint density at radius 1 is 1.00 bits per heavy atom. The largest absolute Gasteiger partial charge is 0.454 e. The summed E-state index contributed by atoms with van der Waals surface area (Å²) in [5.41, 5.74) is 10.1. The normalized spacial score (nSPS) is 15.7. The molecule has 10 heteroatoms. The zero-order valence-electron chi connectivity index (χ0n) is 19.2. The fourth-order valence-electron chi connectivity index (χ4n) is 4.61. The van der Waals surface area contributed by atoms with E-state index >= 15 is 0 Å². The van der Waals surface area contributed by atoms with Crippen molar-refractivity contribution < 1.29 is 19.0 Å². The number of carbonyl (C=O) groups excluding carboxylic acids is 1. The van der Waals surface area contributed by atoms with Crippen molar-refractivity contribution in [3.8, 4) is 11.5 Å². The number of nitrogen functional groups attached to an aromatic ring is 1. The molecular weight excluding hydrogens is 448 g/mol. The maximum atomic E-state index is 13.5. The molecule has 1 amide bonds. The molecule has 0 saturated carbocycles. The average Bonchev–Trinajstić information content (AvgIpc) is 3.45. The van der Waals surface area contributed by atoms with Crippen molar-refractivity contribution in [1.29, 1.82) is 0 Å². The SMILES string of the molecule is Nc1c(C(=O)Nc2ccc3c(c2)OCO3)c2nc3ccccc3nc2n1CCCN1CCOCC1. The predicted octanol–water partition coefficient (Wildman–Crippen LogP) is 2.87. The summed E-state index contributed by atoms with van der Waals surface area (Å²) < 4.78 is 18.1. The number of amides is 1. The smallest absolute Gasteiger partial charge is 0.261 e. The molecule has 0 atom stereocenters. The third-order valence-corrected chi connectivity index (χ3v) is 6.41. The highest BCUT2D eigenvalue weighted by atomic mass is 16.7. The highest BCUT2D eigenvalue weighted by molar-refractivity contribution is 6.16. The van der Waals surface area contributed by atoms with Gasteiger partial charge < -0.3 is 29.8 Å². The van der Waals surface area contributed by atoms with Crippen LogP contribution in [0.25, 0.3) is 22.2 Å². The Balaban J connectivity index is 1.34. The molecular formula is C25H26N6O4. The molecule has 2 aliphatic heterocycles.